The third-order valence-electron chi connectivity index (χ3n) is 4.35. The summed E-state index contributed by atoms with van der Waals surface area (Å²) in [7, 11) is 0. The predicted molar refractivity (Wildman–Crippen MR) is 92.0 cm³/mol. The standard InChI is InChI=1S/C19H18N2O2/c1-2-20-11-23-13-8-7-12-9-17-14-5-3-4-6-15(14)19(22)21-18(17)16(12)10-13/h3-8,10,20H,2,9,11H2,1H3,(H,21,22). The highest BCUT2D eigenvalue weighted by Gasteiger charge is 2.22. The number of hydrogen-bond acceptors (Lipinski definition) is 3. The average molecular weight is 306 g/mol. The maximum Gasteiger partial charge on any atom is 0.256 e. The SMILES string of the molecule is CCNCOc1ccc2c(c1)-c1[nH]c(=O)c3ccccc3c1C2. The summed E-state index contributed by atoms with van der Waals surface area (Å²) in [5, 5.41) is 4.93. The molecule has 1 aliphatic carbocycles. The number of rotatable bonds is 4. The molecule has 0 aliphatic heterocycles. The van der Waals surface area contributed by atoms with Gasteiger partial charge in [0.15, 0.2) is 0 Å². The molecule has 0 amide bonds. The first-order chi connectivity index (χ1) is 11.3. The summed E-state index contributed by atoms with van der Waals surface area (Å²) in [6.07, 6.45) is 0.843. The minimum atomic E-state index is -0.0360. The number of pyridine rings is 1. The zero-order chi connectivity index (χ0) is 15.8. The number of H-pyrrole nitrogens is 1. The Kier molecular flexibility index (Phi) is 3.39. The lowest BCUT2D eigenvalue weighted by atomic mass is 10.0. The van der Waals surface area contributed by atoms with Gasteiger partial charge in [-0.15, -0.1) is 0 Å². The fourth-order valence-corrected chi connectivity index (χ4v) is 3.21. The third-order valence-corrected chi connectivity index (χ3v) is 4.35. The summed E-state index contributed by atoms with van der Waals surface area (Å²) in [6.45, 7) is 3.39. The Morgan fingerprint density at radius 3 is 2.83 bits per heavy atom. The van der Waals surface area contributed by atoms with Gasteiger partial charge in [-0.25, -0.2) is 0 Å². The van der Waals surface area contributed by atoms with Gasteiger partial charge in [-0.1, -0.05) is 31.2 Å². The molecule has 2 aromatic carbocycles. The highest BCUT2D eigenvalue weighted by Crippen LogP contribution is 2.39. The quantitative estimate of drug-likeness (QED) is 0.450. The number of aromatic nitrogens is 1. The van der Waals surface area contributed by atoms with E-state index in [4.69, 9.17) is 4.74 Å². The molecule has 23 heavy (non-hydrogen) atoms. The maximum atomic E-state index is 12.3. The molecule has 0 spiro atoms. The van der Waals surface area contributed by atoms with Crippen LogP contribution in [0.3, 0.4) is 0 Å². The van der Waals surface area contributed by atoms with Gasteiger partial charge in [0.1, 0.15) is 12.5 Å². The summed E-state index contributed by atoms with van der Waals surface area (Å²) in [4.78, 5) is 15.4. The van der Waals surface area contributed by atoms with E-state index in [1.165, 1.54) is 11.1 Å². The van der Waals surface area contributed by atoms with Crippen molar-refractivity contribution >= 4 is 10.8 Å². The van der Waals surface area contributed by atoms with Crippen LogP contribution < -0.4 is 15.6 Å². The van der Waals surface area contributed by atoms with Gasteiger partial charge < -0.3 is 9.72 Å². The molecule has 0 fully saturated rings. The van der Waals surface area contributed by atoms with Gasteiger partial charge >= 0.3 is 0 Å². The highest BCUT2D eigenvalue weighted by atomic mass is 16.5. The molecule has 4 rings (SSSR count). The van der Waals surface area contributed by atoms with Crippen LogP contribution in [0.5, 0.6) is 5.75 Å². The number of benzene rings is 2. The molecule has 1 aromatic heterocycles. The molecule has 1 aliphatic rings. The van der Waals surface area contributed by atoms with Crippen LogP contribution in [0, 0.1) is 0 Å². The van der Waals surface area contributed by atoms with Gasteiger partial charge in [0.05, 0.1) is 5.69 Å². The fourth-order valence-electron chi connectivity index (χ4n) is 3.21. The predicted octanol–water partition coefficient (Wildman–Crippen LogP) is 3.05. The lowest BCUT2D eigenvalue weighted by Crippen LogP contribution is -2.19. The Hall–Kier alpha value is -2.59. The monoisotopic (exact) mass is 306 g/mol. The van der Waals surface area contributed by atoms with E-state index >= 15 is 0 Å². The Balaban J connectivity index is 1.82. The Morgan fingerprint density at radius 2 is 2.00 bits per heavy atom. The molecule has 0 radical (unpaired) electrons. The number of ether oxygens (including phenoxy) is 1. The molecule has 116 valence electrons. The Morgan fingerprint density at radius 1 is 1.17 bits per heavy atom. The van der Waals surface area contributed by atoms with E-state index in [1.54, 1.807) is 0 Å². The van der Waals surface area contributed by atoms with Crippen LogP contribution in [0.25, 0.3) is 22.0 Å². The second-order valence-electron chi connectivity index (χ2n) is 5.74. The highest BCUT2D eigenvalue weighted by molar-refractivity contribution is 5.92. The number of nitrogens with one attached hydrogen (secondary N) is 2. The summed E-state index contributed by atoms with van der Waals surface area (Å²) in [6, 6.07) is 13.9. The first-order valence-corrected chi connectivity index (χ1v) is 7.88. The topological polar surface area (TPSA) is 54.1 Å². The van der Waals surface area contributed by atoms with Crippen molar-refractivity contribution in [2.24, 2.45) is 0 Å². The molecule has 1 heterocycles. The normalized spacial score (nSPS) is 12.2. The van der Waals surface area contributed by atoms with Crippen molar-refractivity contribution in [3.63, 3.8) is 0 Å². The zero-order valence-corrected chi connectivity index (χ0v) is 13.0. The summed E-state index contributed by atoms with van der Waals surface area (Å²) >= 11 is 0. The molecule has 0 bridgehead atoms. The molecule has 0 saturated carbocycles. The molecule has 4 heteroatoms. The van der Waals surface area contributed by atoms with E-state index in [0.29, 0.717) is 6.73 Å². The lowest BCUT2D eigenvalue weighted by Gasteiger charge is -2.08. The van der Waals surface area contributed by atoms with E-state index in [9.17, 15) is 4.79 Å². The maximum absolute atomic E-state index is 12.3. The van der Waals surface area contributed by atoms with Crippen molar-refractivity contribution in [1.29, 1.82) is 0 Å². The van der Waals surface area contributed by atoms with Crippen molar-refractivity contribution in [3.8, 4) is 17.0 Å². The first kappa shape index (κ1) is 14.0. The van der Waals surface area contributed by atoms with E-state index in [-0.39, 0.29) is 5.56 Å². The van der Waals surface area contributed by atoms with Crippen molar-refractivity contribution < 1.29 is 4.74 Å². The van der Waals surface area contributed by atoms with Gasteiger partial charge in [-0.05, 0) is 41.3 Å². The molecule has 0 atom stereocenters. The molecule has 0 unspecified atom stereocenters. The number of fused-ring (bicyclic) bond motifs is 5. The minimum Gasteiger partial charge on any atom is -0.478 e. The Labute approximate surface area is 134 Å². The molecule has 0 saturated heterocycles. The molecule has 2 N–H and O–H groups in total. The average Bonchev–Trinajstić information content (AvgIpc) is 2.94. The van der Waals surface area contributed by atoms with Crippen LogP contribution in [0.1, 0.15) is 18.1 Å². The third kappa shape index (κ3) is 2.32. The largest absolute Gasteiger partial charge is 0.478 e. The lowest BCUT2D eigenvalue weighted by molar-refractivity contribution is 0.287. The summed E-state index contributed by atoms with van der Waals surface area (Å²) in [5.41, 5.74) is 4.38. The minimum absolute atomic E-state index is 0.0360. The second-order valence-corrected chi connectivity index (χ2v) is 5.74. The van der Waals surface area contributed by atoms with Crippen molar-refractivity contribution in [2.45, 2.75) is 13.3 Å². The van der Waals surface area contributed by atoms with Crippen LogP contribution in [-0.4, -0.2) is 18.3 Å². The molecular weight excluding hydrogens is 288 g/mol. The first-order valence-electron chi connectivity index (χ1n) is 7.88. The number of aromatic amines is 1. The summed E-state index contributed by atoms with van der Waals surface area (Å²) < 4.78 is 5.70. The van der Waals surface area contributed by atoms with Gasteiger partial charge in [-0.2, -0.15) is 0 Å². The van der Waals surface area contributed by atoms with E-state index in [2.05, 4.69) is 16.4 Å². The van der Waals surface area contributed by atoms with Crippen molar-refractivity contribution in [3.05, 3.63) is 63.9 Å². The molecular formula is C19H18N2O2. The molecule has 3 aromatic rings. The number of hydrogen-bond donors (Lipinski definition) is 2. The smallest absolute Gasteiger partial charge is 0.256 e. The Bertz CT molecular complexity index is 944. The summed E-state index contributed by atoms with van der Waals surface area (Å²) in [5.74, 6) is 0.812. The van der Waals surface area contributed by atoms with Crippen molar-refractivity contribution in [1.82, 2.24) is 10.3 Å². The van der Waals surface area contributed by atoms with E-state index in [1.807, 2.05) is 43.3 Å². The zero-order valence-electron chi connectivity index (χ0n) is 13.0. The van der Waals surface area contributed by atoms with Gasteiger partial charge in [-0.3, -0.25) is 10.1 Å². The fraction of sp³-hybridized carbons (Fsp3) is 0.211. The van der Waals surface area contributed by atoms with Gasteiger partial charge in [0.2, 0.25) is 0 Å². The van der Waals surface area contributed by atoms with Gasteiger partial charge in [0.25, 0.3) is 5.56 Å². The van der Waals surface area contributed by atoms with Gasteiger partial charge in [0, 0.05) is 17.4 Å². The van der Waals surface area contributed by atoms with Crippen LogP contribution >= 0.6 is 0 Å². The van der Waals surface area contributed by atoms with Crippen LogP contribution in [-0.2, 0) is 6.42 Å². The van der Waals surface area contributed by atoms with Crippen molar-refractivity contribution in [2.75, 3.05) is 13.3 Å². The van der Waals surface area contributed by atoms with Crippen LogP contribution in [0.4, 0.5) is 0 Å². The second kappa shape index (κ2) is 5.56. The van der Waals surface area contributed by atoms with E-state index < -0.39 is 0 Å². The molecule has 4 nitrogen and oxygen atoms in total. The van der Waals surface area contributed by atoms with Crippen LogP contribution in [0.2, 0.25) is 0 Å². The van der Waals surface area contributed by atoms with E-state index in [0.717, 1.165) is 40.7 Å². The van der Waals surface area contributed by atoms with Crippen LogP contribution in [0.15, 0.2) is 47.3 Å².